The van der Waals surface area contributed by atoms with Crippen LogP contribution in [-0.4, -0.2) is 68.3 Å². The number of carbonyl (C=O) groups excluding carboxylic acids is 4. The van der Waals surface area contributed by atoms with E-state index in [0.29, 0.717) is 44.2 Å². The molecule has 0 spiro atoms. The van der Waals surface area contributed by atoms with Crippen molar-refractivity contribution in [3.8, 4) is 0 Å². The van der Waals surface area contributed by atoms with E-state index in [1.54, 1.807) is 16.5 Å². The molecule has 4 heterocycles. The number of anilines is 1. The average Bonchev–Trinajstić information content (AvgIpc) is 3.67. The molecule has 6 atom stereocenters. The van der Waals surface area contributed by atoms with Crippen molar-refractivity contribution in [2.45, 2.75) is 121 Å². The largest absolute Gasteiger partial charge is 0.376 e. The van der Waals surface area contributed by atoms with Crippen molar-refractivity contribution in [3.63, 3.8) is 0 Å². The van der Waals surface area contributed by atoms with Crippen molar-refractivity contribution in [1.29, 1.82) is 0 Å². The normalized spacial score (nSPS) is 20.9. The van der Waals surface area contributed by atoms with Crippen LogP contribution < -0.4 is 32.7 Å². The number of aliphatic hydroxyl groups excluding tert-OH is 1. The second kappa shape index (κ2) is 17.1. The SMILES string of the molecule is C[C@@H](OCc1ccc(CCCCc2cccc3c2n(C)c(=O)n3C2CCC(=O)NC2=O)cc1)[C@H](CCC(N)=O)NC(O)[C@@H]1Cc2cccc3c2N1C(=O)[C@@H](N)CC3. The molecule has 4 amide bonds. The number of fused-ring (bicyclic) bond motifs is 1. The van der Waals surface area contributed by atoms with Gasteiger partial charge in [0.05, 0.1) is 41.5 Å². The van der Waals surface area contributed by atoms with Crippen LogP contribution in [0, 0.1) is 0 Å². The predicted octanol–water partition coefficient (Wildman–Crippen LogP) is 2.56. The summed E-state index contributed by atoms with van der Waals surface area (Å²) in [4.78, 5) is 64.5. The molecule has 1 aromatic heterocycles. The van der Waals surface area contributed by atoms with Crippen molar-refractivity contribution in [3.05, 3.63) is 99.0 Å². The van der Waals surface area contributed by atoms with E-state index >= 15 is 0 Å². The molecule has 14 nitrogen and oxygen atoms in total. The van der Waals surface area contributed by atoms with Crippen LogP contribution in [0.3, 0.4) is 0 Å². The minimum atomic E-state index is -1.10. The van der Waals surface area contributed by atoms with Crippen LogP contribution in [0.5, 0.6) is 0 Å². The van der Waals surface area contributed by atoms with Crippen LogP contribution in [-0.2, 0) is 63.3 Å². The number of aryl methyl sites for hydroxylation is 4. The Morgan fingerprint density at radius 2 is 1.68 bits per heavy atom. The first-order valence-corrected chi connectivity index (χ1v) is 20.0. The van der Waals surface area contributed by atoms with Gasteiger partial charge in [-0.05, 0) is 98.6 Å². The number of nitrogens with two attached hydrogens (primary N) is 2. The van der Waals surface area contributed by atoms with Crippen molar-refractivity contribution < 1.29 is 29.0 Å². The van der Waals surface area contributed by atoms with Gasteiger partial charge in [0, 0.05) is 25.9 Å². The fraction of sp³-hybridized carbons (Fsp3) is 0.465. The highest BCUT2D eigenvalue weighted by molar-refractivity contribution is 6.01. The summed E-state index contributed by atoms with van der Waals surface area (Å²) in [5, 5.41) is 17.2. The number of para-hydroxylation sites is 2. The second-order valence-corrected chi connectivity index (χ2v) is 15.8. The van der Waals surface area contributed by atoms with Gasteiger partial charge < -0.3 is 26.2 Å². The molecule has 2 unspecified atom stereocenters. The number of imide groups is 1. The first-order chi connectivity index (χ1) is 27.4. The number of piperidine rings is 1. The molecule has 1 fully saturated rings. The molecule has 57 heavy (non-hydrogen) atoms. The maximum absolute atomic E-state index is 13.4. The third kappa shape index (κ3) is 8.45. The topological polar surface area (TPSA) is 204 Å². The Bertz CT molecular complexity index is 2210. The van der Waals surface area contributed by atoms with E-state index in [1.807, 2.05) is 55.5 Å². The number of primary amides is 1. The molecule has 0 aliphatic carbocycles. The molecule has 7 rings (SSSR count). The summed E-state index contributed by atoms with van der Waals surface area (Å²) >= 11 is 0. The summed E-state index contributed by atoms with van der Waals surface area (Å²) in [5.41, 5.74) is 19.1. The van der Waals surface area contributed by atoms with E-state index in [4.69, 9.17) is 16.2 Å². The fourth-order valence-electron chi connectivity index (χ4n) is 8.77. The zero-order valence-corrected chi connectivity index (χ0v) is 32.6. The second-order valence-electron chi connectivity index (χ2n) is 15.8. The van der Waals surface area contributed by atoms with E-state index in [2.05, 4.69) is 22.8 Å². The molecule has 7 N–H and O–H groups in total. The quantitative estimate of drug-likeness (QED) is 0.0644. The Hall–Kier alpha value is -5.15. The molecule has 14 heteroatoms. The van der Waals surface area contributed by atoms with Crippen LogP contribution in [0.1, 0.15) is 85.7 Å². The van der Waals surface area contributed by atoms with Crippen LogP contribution >= 0.6 is 0 Å². The number of ether oxygens (including phenoxy) is 1. The Balaban J connectivity index is 0.928. The highest BCUT2D eigenvalue weighted by Gasteiger charge is 2.43. The number of aromatic nitrogens is 2. The number of nitrogens with zero attached hydrogens (tertiary/aromatic N) is 3. The molecule has 3 aliphatic rings. The number of hydrogen-bond acceptors (Lipinski definition) is 9. The summed E-state index contributed by atoms with van der Waals surface area (Å²) in [6, 6.07) is 17.7. The standard InChI is InChI=1S/C43H53N7O7/c1-25(32(19-21-36(45)51)46-41(54)35-23-30-11-5-9-29-17-18-31(44)42(55)50(35)38(29)30)57-24-27-15-13-26(14-16-27)7-3-4-8-28-10-6-12-33-39(28)48(2)43(56)49(33)34-20-22-37(52)47-40(34)53/h5-6,9-16,25,31-32,34-35,41,46,54H,3-4,7-8,17-24,44H2,1-2H3,(H2,45,51)(H,47,52,53)/t25-,31+,32+,34?,35+,41?/m1/s1. The number of unbranched alkanes of at least 4 members (excludes halogenated alkanes) is 1. The van der Waals surface area contributed by atoms with Gasteiger partial charge >= 0.3 is 5.69 Å². The third-order valence-electron chi connectivity index (χ3n) is 11.9. The monoisotopic (exact) mass is 779 g/mol. The molecule has 0 radical (unpaired) electrons. The zero-order chi connectivity index (χ0) is 40.4. The Morgan fingerprint density at radius 3 is 2.44 bits per heavy atom. The highest BCUT2D eigenvalue weighted by atomic mass is 16.5. The lowest BCUT2D eigenvalue weighted by Gasteiger charge is -2.34. The number of amides is 4. The molecule has 1 saturated heterocycles. The maximum atomic E-state index is 13.4. The van der Waals surface area contributed by atoms with E-state index < -0.39 is 48.3 Å². The number of aliphatic hydroxyl groups is 1. The van der Waals surface area contributed by atoms with Crippen LogP contribution in [0.4, 0.5) is 5.69 Å². The summed E-state index contributed by atoms with van der Waals surface area (Å²) in [6.07, 6.45) is 4.66. The molecule has 0 bridgehead atoms. The minimum absolute atomic E-state index is 0.109. The molecule has 302 valence electrons. The first-order valence-electron chi connectivity index (χ1n) is 20.0. The summed E-state index contributed by atoms with van der Waals surface area (Å²) in [7, 11) is 1.72. The Morgan fingerprint density at radius 1 is 0.965 bits per heavy atom. The van der Waals surface area contributed by atoms with Gasteiger partial charge in [-0.25, -0.2) is 4.79 Å². The molecule has 3 aromatic carbocycles. The predicted molar refractivity (Wildman–Crippen MR) is 215 cm³/mol. The van der Waals surface area contributed by atoms with Gasteiger partial charge in [-0.2, -0.15) is 0 Å². The molecular weight excluding hydrogens is 727 g/mol. The summed E-state index contributed by atoms with van der Waals surface area (Å²) < 4.78 is 9.41. The summed E-state index contributed by atoms with van der Waals surface area (Å²) in [5.74, 6) is -1.40. The minimum Gasteiger partial charge on any atom is -0.376 e. The fourth-order valence-corrected chi connectivity index (χ4v) is 8.77. The van der Waals surface area contributed by atoms with Crippen molar-refractivity contribution in [1.82, 2.24) is 19.8 Å². The van der Waals surface area contributed by atoms with E-state index in [9.17, 15) is 29.1 Å². The smallest absolute Gasteiger partial charge is 0.329 e. The molecular formula is C43H53N7O7. The van der Waals surface area contributed by atoms with Crippen LogP contribution in [0.2, 0.25) is 0 Å². The van der Waals surface area contributed by atoms with E-state index in [1.165, 1.54) is 10.1 Å². The van der Waals surface area contributed by atoms with Gasteiger partial charge in [0.2, 0.25) is 23.6 Å². The van der Waals surface area contributed by atoms with Crippen molar-refractivity contribution >= 4 is 40.3 Å². The number of rotatable bonds is 16. The van der Waals surface area contributed by atoms with E-state index in [0.717, 1.165) is 59.1 Å². The lowest BCUT2D eigenvalue weighted by Crippen LogP contribution is -2.58. The number of nitrogens with one attached hydrogen (secondary N) is 2. The van der Waals surface area contributed by atoms with Crippen LogP contribution in [0.25, 0.3) is 11.0 Å². The van der Waals surface area contributed by atoms with E-state index in [-0.39, 0.29) is 30.3 Å². The third-order valence-corrected chi connectivity index (χ3v) is 11.9. The lowest BCUT2D eigenvalue weighted by molar-refractivity contribution is -0.135. The van der Waals surface area contributed by atoms with Gasteiger partial charge in [0.25, 0.3) is 0 Å². The first kappa shape index (κ1) is 40.1. The lowest BCUT2D eigenvalue weighted by atomic mass is 10.0. The summed E-state index contributed by atoms with van der Waals surface area (Å²) in [6.45, 7) is 2.22. The Kier molecular flexibility index (Phi) is 12.1. The number of carbonyl (C=O) groups is 4. The van der Waals surface area contributed by atoms with Crippen LogP contribution in [0.15, 0.2) is 65.5 Å². The average molecular weight is 780 g/mol. The number of imidazole rings is 1. The maximum Gasteiger partial charge on any atom is 0.329 e. The van der Waals surface area contributed by atoms with Gasteiger partial charge in [-0.1, -0.05) is 54.6 Å². The highest BCUT2D eigenvalue weighted by Crippen LogP contribution is 2.39. The molecule has 4 aromatic rings. The molecule has 3 aliphatic heterocycles. The van der Waals surface area contributed by atoms with Gasteiger partial charge in [-0.15, -0.1) is 0 Å². The number of benzene rings is 3. The van der Waals surface area contributed by atoms with Crippen molar-refractivity contribution in [2.75, 3.05) is 4.90 Å². The molecule has 0 saturated carbocycles. The van der Waals surface area contributed by atoms with Gasteiger partial charge in [0.15, 0.2) is 0 Å². The Labute approximate surface area is 331 Å². The van der Waals surface area contributed by atoms with Gasteiger partial charge in [-0.3, -0.25) is 38.9 Å². The zero-order valence-electron chi connectivity index (χ0n) is 32.6. The van der Waals surface area contributed by atoms with Crippen molar-refractivity contribution in [2.24, 2.45) is 18.5 Å². The number of hydrogen-bond donors (Lipinski definition) is 5. The van der Waals surface area contributed by atoms with Gasteiger partial charge in [0.1, 0.15) is 12.3 Å².